The zero-order valence-corrected chi connectivity index (χ0v) is 35.4. The van der Waals surface area contributed by atoms with Gasteiger partial charge in [0.15, 0.2) is 0 Å². The molecular formula is C51H73NO4. The Balaban J connectivity index is 1.31. The third-order valence-corrected chi connectivity index (χ3v) is 10.6. The number of unbranched alkanes of at least 4 members (excludes halogenated alkanes) is 18. The molecule has 0 saturated heterocycles. The molecule has 0 saturated carbocycles. The molecular weight excluding hydrogens is 691 g/mol. The zero-order chi connectivity index (χ0) is 40.2. The fourth-order valence-electron chi connectivity index (χ4n) is 7.03. The normalized spacial score (nSPS) is 11.0. The van der Waals surface area contributed by atoms with Crippen molar-refractivity contribution in [1.82, 2.24) is 0 Å². The second-order valence-corrected chi connectivity index (χ2v) is 15.9. The third-order valence-electron chi connectivity index (χ3n) is 10.6. The molecule has 5 nitrogen and oxygen atoms in total. The van der Waals surface area contributed by atoms with E-state index >= 15 is 0 Å². The molecule has 0 aliphatic heterocycles. The number of carbonyl (C=O) groups is 2. The maximum atomic E-state index is 11.4. The average molecular weight is 764 g/mol. The van der Waals surface area contributed by atoms with Crippen LogP contribution in [0.25, 0.3) is 0 Å². The highest BCUT2D eigenvalue weighted by Crippen LogP contribution is 2.35. The summed E-state index contributed by atoms with van der Waals surface area (Å²) in [6.07, 6.45) is 27.0. The minimum atomic E-state index is -0.272. The average Bonchev–Trinajstić information content (AvgIpc) is 3.20. The van der Waals surface area contributed by atoms with Crippen molar-refractivity contribution in [3.63, 3.8) is 0 Å². The Hall–Kier alpha value is -4.12. The molecule has 0 fully saturated rings. The van der Waals surface area contributed by atoms with Gasteiger partial charge in [-0.15, -0.1) is 0 Å². The summed E-state index contributed by atoms with van der Waals surface area (Å²) < 4.78 is 10.3. The largest absolute Gasteiger partial charge is 0.462 e. The number of esters is 2. The molecule has 3 aromatic rings. The number of hydrogen-bond acceptors (Lipinski definition) is 5. The van der Waals surface area contributed by atoms with Crippen LogP contribution in [0.5, 0.6) is 0 Å². The van der Waals surface area contributed by atoms with Crippen molar-refractivity contribution in [2.24, 2.45) is 0 Å². The topological polar surface area (TPSA) is 55.8 Å². The molecule has 0 radical (unpaired) electrons. The van der Waals surface area contributed by atoms with Gasteiger partial charge in [-0.3, -0.25) is 0 Å². The summed E-state index contributed by atoms with van der Waals surface area (Å²) in [7, 11) is 0. The minimum absolute atomic E-state index is 0.272. The number of nitrogens with zero attached hydrogens (tertiary/aromatic N) is 1. The fraction of sp³-hybridized carbons (Fsp3) is 0.529. The molecule has 0 spiro atoms. The lowest BCUT2D eigenvalue weighted by Gasteiger charge is -2.26. The van der Waals surface area contributed by atoms with Crippen LogP contribution in [-0.4, -0.2) is 25.2 Å². The highest BCUT2D eigenvalue weighted by Gasteiger charge is 2.13. The molecule has 3 aromatic carbocycles. The van der Waals surface area contributed by atoms with E-state index in [2.05, 4.69) is 97.8 Å². The Bertz CT molecular complexity index is 1440. The van der Waals surface area contributed by atoms with Gasteiger partial charge in [0.05, 0.1) is 13.2 Å². The van der Waals surface area contributed by atoms with Crippen molar-refractivity contribution in [3.05, 3.63) is 114 Å². The van der Waals surface area contributed by atoms with Gasteiger partial charge in [0, 0.05) is 28.2 Å². The fourth-order valence-corrected chi connectivity index (χ4v) is 7.03. The van der Waals surface area contributed by atoms with E-state index in [1.54, 1.807) is 13.8 Å². The van der Waals surface area contributed by atoms with E-state index in [0.717, 1.165) is 38.5 Å². The number of carbonyl (C=O) groups excluding carboxylic acids is 2. The molecule has 0 unspecified atom stereocenters. The van der Waals surface area contributed by atoms with Crippen molar-refractivity contribution < 1.29 is 19.1 Å². The van der Waals surface area contributed by atoms with E-state index in [4.69, 9.17) is 9.47 Å². The van der Waals surface area contributed by atoms with E-state index in [9.17, 15) is 9.59 Å². The first-order valence-electron chi connectivity index (χ1n) is 21.9. The summed E-state index contributed by atoms with van der Waals surface area (Å²) in [5, 5.41) is 0. The maximum absolute atomic E-state index is 11.4. The van der Waals surface area contributed by atoms with Crippen LogP contribution in [0.2, 0.25) is 0 Å². The standard InChI is InChI=1S/C51H73NO4/c1-42(2)50(53)55-40-24-20-16-12-8-6-10-14-18-22-26-45-30-36-48(37-31-45)52(47-34-28-44(5)29-35-47)49-38-32-46(33-39-49)27-23-19-15-11-7-9-13-17-21-25-41-56-51(54)43(3)4/h28-39H,1,3,6-27,40-41H2,2,4-5H3. The second-order valence-electron chi connectivity index (χ2n) is 15.9. The predicted octanol–water partition coefficient (Wildman–Crippen LogP) is 14.6. The molecule has 0 bridgehead atoms. The Morgan fingerprint density at radius 1 is 0.429 bits per heavy atom. The SMILES string of the molecule is C=C(C)C(=O)OCCCCCCCCCCCCc1ccc(N(c2ccc(C)cc2)c2ccc(CCCCCCCCCCCCOC(=O)C(=C)C)cc2)cc1. The lowest BCUT2D eigenvalue weighted by molar-refractivity contribution is -0.139. The van der Waals surface area contributed by atoms with Crippen LogP contribution >= 0.6 is 0 Å². The Kier molecular flexibility index (Phi) is 23.4. The molecule has 0 aliphatic carbocycles. The van der Waals surface area contributed by atoms with Crippen molar-refractivity contribution in [3.8, 4) is 0 Å². The summed E-state index contributed by atoms with van der Waals surface area (Å²) in [4.78, 5) is 25.2. The summed E-state index contributed by atoms with van der Waals surface area (Å²) >= 11 is 0. The van der Waals surface area contributed by atoms with Gasteiger partial charge in [-0.25, -0.2) is 9.59 Å². The maximum Gasteiger partial charge on any atom is 0.333 e. The first-order valence-corrected chi connectivity index (χ1v) is 21.9. The van der Waals surface area contributed by atoms with Crippen molar-refractivity contribution in [2.75, 3.05) is 18.1 Å². The molecule has 0 aromatic heterocycles. The first kappa shape index (κ1) is 46.3. The molecule has 0 amide bonds. The Labute approximate surface area is 341 Å². The smallest absolute Gasteiger partial charge is 0.333 e. The van der Waals surface area contributed by atoms with Gasteiger partial charge < -0.3 is 14.4 Å². The monoisotopic (exact) mass is 764 g/mol. The predicted molar refractivity (Wildman–Crippen MR) is 237 cm³/mol. The second kappa shape index (κ2) is 28.3. The van der Waals surface area contributed by atoms with Crippen LogP contribution in [0.3, 0.4) is 0 Å². The number of aryl methyl sites for hydroxylation is 3. The van der Waals surface area contributed by atoms with E-state index in [1.807, 2.05) is 0 Å². The Morgan fingerprint density at radius 3 is 1.00 bits per heavy atom. The van der Waals surface area contributed by atoms with Crippen molar-refractivity contribution in [1.29, 1.82) is 0 Å². The molecule has 56 heavy (non-hydrogen) atoms. The van der Waals surface area contributed by atoms with Gasteiger partial charge in [0.25, 0.3) is 0 Å². The van der Waals surface area contributed by atoms with Crippen LogP contribution in [0.1, 0.15) is 159 Å². The lowest BCUT2D eigenvalue weighted by Crippen LogP contribution is -2.10. The van der Waals surface area contributed by atoms with Crippen LogP contribution in [-0.2, 0) is 31.9 Å². The molecule has 0 atom stereocenters. The third kappa shape index (κ3) is 19.6. The number of benzene rings is 3. The van der Waals surface area contributed by atoms with E-state index in [-0.39, 0.29) is 11.9 Å². The molecule has 0 heterocycles. The quantitative estimate of drug-likeness (QED) is 0.0371. The van der Waals surface area contributed by atoms with Crippen LogP contribution in [0, 0.1) is 6.92 Å². The molecule has 3 rings (SSSR count). The van der Waals surface area contributed by atoms with Crippen LogP contribution in [0.15, 0.2) is 97.1 Å². The van der Waals surface area contributed by atoms with E-state index < -0.39 is 0 Å². The molecule has 306 valence electrons. The van der Waals surface area contributed by atoms with Gasteiger partial charge in [0.2, 0.25) is 0 Å². The highest BCUT2D eigenvalue weighted by atomic mass is 16.5. The Morgan fingerprint density at radius 2 is 0.696 bits per heavy atom. The summed E-state index contributed by atoms with van der Waals surface area (Å²) in [6.45, 7) is 13.8. The lowest BCUT2D eigenvalue weighted by atomic mass is 10.0. The van der Waals surface area contributed by atoms with E-state index in [0.29, 0.717) is 24.4 Å². The summed E-state index contributed by atoms with van der Waals surface area (Å²) in [5.41, 5.74) is 8.63. The van der Waals surface area contributed by atoms with Crippen LogP contribution in [0.4, 0.5) is 17.1 Å². The minimum Gasteiger partial charge on any atom is -0.462 e. The number of ether oxygens (including phenoxy) is 2. The van der Waals surface area contributed by atoms with Crippen molar-refractivity contribution in [2.45, 2.75) is 162 Å². The van der Waals surface area contributed by atoms with Gasteiger partial charge >= 0.3 is 11.9 Å². The summed E-state index contributed by atoms with van der Waals surface area (Å²) in [6, 6.07) is 27.3. The number of hydrogen-bond donors (Lipinski definition) is 0. The first-order chi connectivity index (χ1) is 27.2. The van der Waals surface area contributed by atoms with Crippen LogP contribution < -0.4 is 4.90 Å². The van der Waals surface area contributed by atoms with Gasteiger partial charge in [-0.05, 0) is 107 Å². The van der Waals surface area contributed by atoms with Gasteiger partial charge in [-0.1, -0.05) is 158 Å². The van der Waals surface area contributed by atoms with Gasteiger partial charge in [0.1, 0.15) is 0 Å². The van der Waals surface area contributed by atoms with Crippen molar-refractivity contribution >= 4 is 29.0 Å². The molecule has 0 aliphatic rings. The summed E-state index contributed by atoms with van der Waals surface area (Å²) in [5.74, 6) is -0.544. The number of anilines is 3. The molecule has 5 heteroatoms. The molecule has 0 N–H and O–H groups in total. The highest BCUT2D eigenvalue weighted by molar-refractivity contribution is 5.87. The van der Waals surface area contributed by atoms with E-state index in [1.165, 1.54) is 136 Å². The zero-order valence-electron chi connectivity index (χ0n) is 35.4. The number of rotatable bonds is 31. The van der Waals surface area contributed by atoms with Gasteiger partial charge in [-0.2, -0.15) is 0 Å².